The van der Waals surface area contributed by atoms with Crippen LogP contribution in [-0.2, 0) is 11.2 Å². The van der Waals surface area contributed by atoms with E-state index in [1.54, 1.807) is 13.2 Å². The molecule has 0 saturated carbocycles. The first-order chi connectivity index (χ1) is 10.1. The minimum absolute atomic E-state index is 0.150. The van der Waals surface area contributed by atoms with Crippen molar-refractivity contribution >= 4 is 17.3 Å². The lowest BCUT2D eigenvalue weighted by Crippen LogP contribution is -2.30. The Hall–Kier alpha value is -2.81. The van der Waals surface area contributed by atoms with E-state index in [4.69, 9.17) is 10.00 Å². The van der Waals surface area contributed by atoms with Gasteiger partial charge in [-0.1, -0.05) is 0 Å². The molecule has 1 atom stereocenters. The molecule has 0 aliphatic carbocycles. The molecule has 1 aromatic carbocycles. The van der Waals surface area contributed by atoms with Crippen molar-refractivity contribution in [3.63, 3.8) is 0 Å². The number of rotatable bonds is 5. The molecule has 0 bridgehead atoms. The van der Waals surface area contributed by atoms with E-state index in [0.717, 1.165) is 16.7 Å². The van der Waals surface area contributed by atoms with Gasteiger partial charge in [-0.3, -0.25) is 9.59 Å². The molecule has 1 heterocycles. The molecule has 0 radical (unpaired) electrons. The van der Waals surface area contributed by atoms with Gasteiger partial charge in [-0.15, -0.1) is 0 Å². The van der Waals surface area contributed by atoms with E-state index in [1.807, 2.05) is 25.1 Å². The van der Waals surface area contributed by atoms with Crippen LogP contribution in [-0.4, -0.2) is 24.5 Å². The lowest BCUT2D eigenvalue weighted by Gasteiger charge is -2.10. The van der Waals surface area contributed by atoms with Crippen molar-refractivity contribution in [2.24, 2.45) is 0 Å². The zero-order valence-corrected chi connectivity index (χ0v) is 11.8. The van der Waals surface area contributed by atoms with Crippen molar-refractivity contribution < 1.29 is 9.53 Å². The van der Waals surface area contributed by atoms with Gasteiger partial charge in [0.2, 0.25) is 6.41 Å². The quantitative estimate of drug-likeness (QED) is 0.802. The first-order valence-corrected chi connectivity index (χ1v) is 6.39. The zero-order chi connectivity index (χ0) is 15.4. The predicted octanol–water partition coefficient (Wildman–Crippen LogP) is 1.03. The van der Waals surface area contributed by atoms with E-state index in [-0.39, 0.29) is 12.0 Å². The SMILES string of the molecule is COc1cc2cc(C[C@@H](C#N)NC=O)c(=O)[nH]c2cc1C. The highest BCUT2D eigenvalue weighted by atomic mass is 16.5. The van der Waals surface area contributed by atoms with Gasteiger partial charge in [0.05, 0.1) is 13.2 Å². The Morgan fingerprint density at radius 2 is 2.24 bits per heavy atom. The molecule has 0 unspecified atom stereocenters. The zero-order valence-electron chi connectivity index (χ0n) is 11.8. The Morgan fingerprint density at radius 1 is 1.48 bits per heavy atom. The molecule has 0 aliphatic rings. The Labute approximate surface area is 121 Å². The predicted molar refractivity (Wildman–Crippen MR) is 78.2 cm³/mol. The molecule has 2 rings (SSSR count). The molecule has 108 valence electrons. The number of ether oxygens (including phenoxy) is 1. The summed E-state index contributed by atoms with van der Waals surface area (Å²) in [5.41, 5.74) is 1.80. The molecule has 0 spiro atoms. The topological polar surface area (TPSA) is 95.0 Å². The molecule has 6 heteroatoms. The normalized spacial score (nSPS) is 11.7. The molecular weight excluding hydrogens is 270 g/mol. The number of carbonyl (C=O) groups is 1. The van der Waals surface area contributed by atoms with Crippen LogP contribution in [0.1, 0.15) is 11.1 Å². The number of hydrogen-bond donors (Lipinski definition) is 2. The molecule has 2 N–H and O–H groups in total. The van der Waals surface area contributed by atoms with E-state index in [2.05, 4.69) is 10.3 Å². The second kappa shape index (κ2) is 6.09. The van der Waals surface area contributed by atoms with Gasteiger partial charge in [0.25, 0.3) is 5.56 Å². The molecule has 0 saturated heterocycles. The number of benzene rings is 1. The fraction of sp³-hybridized carbons (Fsp3) is 0.267. The third kappa shape index (κ3) is 3.03. The number of aromatic nitrogens is 1. The number of fused-ring (bicyclic) bond motifs is 1. The van der Waals surface area contributed by atoms with Crippen molar-refractivity contribution in [3.8, 4) is 11.8 Å². The van der Waals surface area contributed by atoms with Gasteiger partial charge in [0, 0.05) is 22.9 Å². The van der Waals surface area contributed by atoms with Crippen molar-refractivity contribution in [1.82, 2.24) is 10.3 Å². The molecule has 0 aliphatic heterocycles. The van der Waals surface area contributed by atoms with Gasteiger partial charge >= 0.3 is 0 Å². The minimum atomic E-state index is -0.728. The van der Waals surface area contributed by atoms with Crippen LogP contribution in [0.25, 0.3) is 10.9 Å². The largest absolute Gasteiger partial charge is 0.496 e. The lowest BCUT2D eigenvalue weighted by atomic mass is 10.0. The Kier molecular flexibility index (Phi) is 4.24. The summed E-state index contributed by atoms with van der Waals surface area (Å²) in [4.78, 5) is 25.2. The number of amides is 1. The average Bonchev–Trinajstić information content (AvgIpc) is 2.47. The summed E-state index contributed by atoms with van der Waals surface area (Å²) in [6, 6.07) is 6.60. The van der Waals surface area contributed by atoms with E-state index in [9.17, 15) is 9.59 Å². The van der Waals surface area contributed by atoms with E-state index in [0.29, 0.717) is 17.5 Å². The molecule has 1 aromatic heterocycles. The van der Waals surface area contributed by atoms with Crippen LogP contribution in [0.4, 0.5) is 0 Å². The average molecular weight is 285 g/mol. The Bertz CT molecular complexity index is 774. The number of nitriles is 1. The standard InChI is InChI=1S/C15H15N3O3/c1-9-3-13-10(6-14(9)21-2)4-11(15(20)18-13)5-12(7-16)17-8-19/h3-4,6,8,12H,5H2,1-2H3,(H,17,19)(H,18,20)/t12-/m0/s1. The summed E-state index contributed by atoms with van der Waals surface area (Å²) in [5, 5.41) is 12.1. The van der Waals surface area contributed by atoms with E-state index in [1.165, 1.54) is 0 Å². The number of aromatic amines is 1. The maximum Gasteiger partial charge on any atom is 0.251 e. The van der Waals surface area contributed by atoms with Crippen molar-refractivity contribution in [3.05, 3.63) is 39.7 Å². The molecule has 0 fully saturated rings. The van der Waals surface area contributed by atoms with Gasteiger partial charge in [0.1, 0.15) is 11.8 Å². The van der Waals surface area contributed by atoms with Gasteiger partial charge < -0.3 is 15.0 Å². The number of methoxy groups -OCH3 is 1. The third-order valence-corrected chi connectivity index (χ3v) is 3.29. The Morgan fingerprint density at radius 3 is 2.86 bits per heavy atom. The highest BCUT2D eigenvalue weighted by Gasteiger charge is 2.12. The van der Waals surface area contributed by atoms with Crippen LogP contribution >= 0.6 is 0 Å². The van der Waals surface area contributed by atoms with Gasteiger partial charge in [-0.2, -0.15) is 5.26 Å². The van der Waals surface area contributed by atoms with Gasteiger partial charge in [0.15, 0.2) is 0 Å². The van der Waals surface area contributed by atoms with E-state index >= 15 is 0 Å². The molecular formula is C15H15N3O3. The number of aryl methyl sites for hydroxylation is 1. The number of nitrogens with one attached hydrogen (secondary N) is 2. The first-order valence-electron chi connectivity index (χ1n) is 6.39. The summed E-state index contributed by atoms with van der Waals surface area (Å²) in [6.07, 6.45) is 0.603. The van der Waals surface area contributed by atoms with Crippen LogP contribution in [0.15, 0.2) is 23.0 Å². The van der Waals surface area contributed by atoms with Gasteiger partial charge in [-0.25, -0.2) is 0 Å². The molecule has 21 heavy (non-hydrogen) atoms. The number of H-pyrrole nitrogens is 1. The second-order valence-corrected chi connectivity index (χ2v) is 4.70. The van der Waals surface area contributed by atoms with Gasteiger partial charge in [-0.05, 0) is 30.7 Å². The summed E-state index contributed by atoms with van der Waals surface area (Å²) in [5.74, 6) is 0.725. The minimum Gasteiger partial charge on any atom is -0.496 e. The second-order valence-electron chi connectivity index (χ2n) is 4.70. The smallest absolute Gasteiger partial charge is 0.251 e. The first kappa shape index (κ1) is 14.6. The number of carbonyl (C=O) groups excluding carboxylic acids is 1. The Balaban J connectivity index is 2.48. The lowest BCUT2D eigenvalue weighted by molar-refractivity contribution is -0.109. The van der Waals surface area contributed by atoms with E-state index < -0.39 is 6.04 Å². The maximum absolute atomic E-state index is 12.0. The van der Waals surface area contributed by atoms with Crippen LogP contribution in [0.3, 0.4) is 0 Å². The van der Waals surface area contributed by atoms with Crippen LogP contribution < -0.4 is 15.6 Å². The van der Waals surface area contributed by atoms with Crippen molar-refractivity contribution in [1.29, 1.82) is 5.26 Å². The summed E-state index contributed by atoms with van der Waals surface area (Å²) < 4.78 is 5.26. The fourth-order valence-electron chi connectivity index (χ4n) is 2.20. The summed E-state index contributed by atoms with van der Waals surface area (Å²) >= 11 is 0. The van der Waals surface area contributed by atoms with Crippen molar-refractivity contribution in [2.75, 3.05) is 7.11 Å². The maximum atomic E-state index is 12.0. The van der Waals surface area contributed by atoms with Crippen LogP contribution in [0.2, 0.25) is 0 Å². The monoisotopic (exact) mass is 285 g/mol. The molecule has 1 amide bonds. The number of hydrogen-bond acceptors (Lipinski definition) is 4. The van der Waals surface area contributed by atoms with Crippen LogP contribution in [0.5, 0.6) is 5.75 Å². The summed E-state index contributed by atoms with van der Waals surface area (Å²) in [6.45, 7) is 1.89. The number of pyridine rings is 1. The fourth-order valence-corrected chi connectivity index (χ4v) is 2.20. The van der Waals surface area contributed by atoms with Crippen molar-refractivity contribution in [2.45, 2.75) is 19.4 Å². The summed E-state index contributed by atoms with van der Waals surface area (Å²) in [7, 11) is 1.58. The highest BCUT2D eigenvalue weighted by Crippen LogP contribution is 2.23. The third-order valence-electron chi connectivity index (χ3n) is 3.29. The molecule has 2 aromatic rings. The highest BCUT2D eigenvalue weighted by molar-refractivity contribution is 5.81. The number of nitrogens with zero attached hydrogens (tertiary/aromatic N) is 1. The molecule has 6 nitrogen and oxygen atoms in total. The van der Waals surface area contributed by atoms with Crippen LogP contribution in [0, 0.1) is 18.3 Å².